The van der Waals surface area contributed by atoms with Crippen LogP contribution in [-0.4, -0.2) is 36.1 Å². The third-order valence-corrected chi connectivity index (χ3v) is 3.33. The molecule has 3 nitrogen and oxygen atoms in total. The molecular weight excluding hydrogens is 217 g/mol. The van der Waals surface area contributed by atoms with Gasteiger partial charge in [0.25, 0.3) is 0 Å². The van der Waals surface area contributed by atoms with Gasteiger partial charge in [0.05, 0.1) is 0 Å². The summed E-state index contributed by atoms with van der Waals surface area (Å²) in [6.07, 6.45) is 1.99. The lowest BCUT2D eigenvalue weighted by atomic mass is 10.1. The highest BCUT2D eigenvalue weighted by Crippen LogP contribution is 2.20. The van der Waals surface area contributed by atoms with E-state index in [1.54, 1.807) is 6.07 Å². The third kappa shape index (κ3) is 2.18. The van der Waals surface area contributed by atoms with Gasteiger partial charge in [-0.3, -0.25) is 4.90 Å². The molecule has 0 bridgehead atoms. The molecule has 0 aliphatic carbocycles. The van der Waals surface area contributed by atoms with Crippen LogP contribution >= 0.6 is 0 Å². The van der Waals surface area contributed by atoms with Crippen LogP contribution < -0.4 is 5.32 Å². The topological polar surface area (TPSA) is 31.1 Å². The van der Waals surface area contributed by atoms with Crippen LogP contribution in [-0.2, 0) is 6.54 Å². The van der Waals surface area contributed by atoms with Gasteiger partial charge in [0, 0.05) is 49.8 Å². The van der Waals surface area contributed by atoms with Crippen molar-refractivity contribution in [3.05, 3.63) is 35.8 Å². The van der Waals surface area contributed by atoms with E-state index >= 15 is 0 Å². The van der Waals surface area contributed by atoms with E-state index in [1.165, 1.54) is 11.6 Å². The quantitative estimate of drug-likeness (QED) is 0.827. The van der Waals surface area contributed by atoms with Gasteiger partial charge in [0.2, 0.25) is 0 Å². The van der Waals surface area contributed by atoms with Gasteiger partial charge in [-0.15, -0.1) is 0 Å². The van der Waals surface area contributed by atoms with E-state index in [-0.39, 0.29) is 5.82 Å². The monoisotopic (exact) mass is 233 g/mol. The van der Waals surface area contributed by atoms with Gasteiger partial charge < -0.3 is 10.3 Å². The fraction of sp³-hybridized carbons (Fsp3) is 0.385. The molecule has 17 heavy (non-hydrogen) atoms. The Balaban J connectivity index is 1.84. The fourth-order valence-corrected chi connectivity index (χ4v) is 2.40. The Morgan fingerprint density at radius 2 is 2.06 bits per heavy atom. The lowest BCUT2D eigenvalue weighted by Crippen LogP contribution is -2.42. The molecule has 0 spiro atoms. The Morgan fingerprint density at radius 1 is 1.24 bits per heavy atom. The minimum absolute atomic E-state index is 0.187. The van der Waals surface area contributed by atoms with Crippen molar-refractivity contribution in [2.24, 2.45) is 0 Å². The Morgan fingerprint density at radius 3 is 2.88 bits per heavy atom. The number of fused-ring (bicyclic) bond motifs is 1. The zero-order chi connectivity index (χ0) is 11.7. The lowest BCUT2D eigenvalue weighted by Gasteiger charge is -2.26. The first-order valence-corrected chi connectivity index (χ1v) is 6.01. The average Bonchev–Trinajstić information content (AvgIpc) is 2.73. The molecule has 1 aromatic carbocycles. The van der Waals surface area contributed by atoms with Gasteiger partial charge in [-0.2, -0.15) is 0 Å². The number of aromatic nitrogens is 1. The third-order valence-electron chi connectivity index (χ3n) is 3.33. The zero-order valence-electron chi connectivity index (χ0n) is 9.67. The van der Waals surface area contributed by atoms with Gasteiger partial charge >= 0.3 is 0 Å². The summed E-state index contributed by atoms with van der Waals surface area (Å²) in [6, 6.07) is 4.94. The predicted molar refractivity (Wildman–Crippen MR) is 66.4 cm³/mol. The smallest absolute Gasteiger partial charge is 0.125 e. The molecule has 1 aromatic heterocycles. The van der Waals surface area contributed by atoms with Crippen molar-refractivity contribution in [2.45, 2.75) is 6.54 Å². The van der Waals surface area contributed by atoms with Crippen molar-refractivity contribution in [3.8, 4) is 0 Å². The highest BCUT2D eigenvalue weighted by atomic mass is 19.1. The SMILES string of the molecule is Fc1ccc2c(CN3CCNCC3)c[nH]c2c1. The maximum atomic E-state index is 13.1. The molecule has 1 saturated heterocycles. The number of benzene rings is 1. The molecule has 2 N–H and O–H groups in total. The highest BCUT2D eigenvalue weighted by molar-refractivity contribution is 5.83. The van der Waals surface area contributed by atoms with Crippen LogP contribution in [0.25, 0.3) is 10.9 Å². The summed E-state index contributed by atoms with van der Waals surface area (Å²) in [5.41, 5.74) is 2.14. The van der Waals surface area contributed by atoms with Crippen molar-refractivity contribution < 1.29 is 4.39 Å². The predicted octanol–water partition coefficient (Wildman–Crippen LogP) is 1.71. The van der Waals surface area contributed by atoms with Crippen molar-refractivity contribution in [2.75, 3.05) is 26.2 Å². The number of H-pyrrole nitrogens is 1. The standard InChI is InChI=1S/C13H16FN3/c14-11-1-2-12-10(8-16-13(12)7-11)9-17-5-3-15-4-6-17/h1-2,7-8,15-16H,3-6,9H2. The van der Waals surface area contributed by atoms with Gasteiger partial charge in [-0.05, 0) is 23.8 Å². The molecule has 1 fully saturated rings. The number of nitrogens with one attached hydrogen (secondary N) is 2. The summed E-state index contributed by atoms with van der Waals surface area (Å²) in [6.45, 7) is 5.20. The second-order valence-electron chi connectivity index (χ2n) is 4.53. The number of nitrogens with zero attached hydrogens (tertiary/aromatic N) is 1. The Kier molecular flexibility index (Phi) is 2.82. The van der Waals surface area contributed by atoms with E-state index in [4.69, 9.17) is 0 Å². The molecular formula is C13H16FN3. The molecule has 90 valence electrons. The molecule has 0 amide bonds. The van der Waals surface area contributed by atoms with Crippen molar-refractivity contribution in [3.63, 3.8) is 0 Å². The number of hydrogen-bond donors (Lipinski definition) is 2. The van der Waals surface area contributed by atoms with Crippen molar-refractivity contribution in [1.82, 2.24) is 15.2 Å². The van der Waals surface area contributed by atoms with Gasteiger partial charge in [-0.25, -0.2) is 4.39 Å². The van der Waals surface area contributed by atoms with Crippen LogP contribution in [0.15, 0.2) is 24.4 Å². The molecule has 2 aromatic rings. The Labute approximate surface area is 99.6 Å². The molecule has 1 aliphatic heterocycles. The fourth-order valence-electron chi connectivity index (χ4n) is 2.40. The van der Waals surface area contributed by atoms with E-state index in [0.29, 0.717) is 0 Å². The molecule has 0 unspecified atom stereocenters. The van der Waals surface area contributed by atoms with Gasteiger partial charge in [0.1, 0.15) is 5.82 Å². The average molecular weight is 233 g/mol. The van der Waals surface area contributed by atoms with Crippen molar-refractivity contribution >= 4 is 10.9 Å². The maximum Gasteiger partial charge on any atom is 0.125 e. The summed E-state index contributed by atoms with van der Waals surface area (Å²) < 4.78 is 13.1. The van der Waals surface area contributed by atoms with Gasteiger partial charge in [0.15, 0.2) is 0 Å². The molecule has 4 heteroatoms. The molecule has 0 saturated carbocycles. The van der Waals surface area contributed by atoms with E-state index < -0.39 is 0 Å². The highest BCUT2D eigenvalue weighted by Gasteiger charge is 2.12. The summed E-state index contributed by atoms with van der Waals surface area (Å²) in [7, 11) is 0. The van der Waals surface area contributed by atoms with Crippen molar-refractivity contribution in [1.29, 1.82) is 0 Å². The summed E-state index contributed by atoms with van der Waals surface area (Å²) in [4.78, 5) is 5.56. The molecule has 1 aliphatic rings. The summed E-state index contributed by atoms with van der Waals surface area (Å²) >= 11 is 0. The molecule has 3 rings (SSSR count). The molecule has 0 atom stereocenters. The van der Waals surface area contributed by atoms with E-state index in [2.05, 4.69) is 15.2 Å². The Hall–Kier alpha value is -1.39. The molecule has 0 radical (unpaired) electrons. The number of halogens is 1. The number of aromatic amines is 1. The largest absolute Gasteiger partial charge is 0.361 e. The number of rotatable bonds is 2. The molecule has 2 heterocycles. The summed E-state index contributed by atoms with van der Waals surface area (Å²) in [5.74, 6) is -0.187. The van der Waals surface area contributed by atoms with E-state index in [0.717, 1.165) is 43.6 Å². The first-order valence-electron chi connectivity index (χ1n) is 6.01. The maximum absolute atomic E-state index is 13.1. The van der Waals surface area contributed by atoms with E-state index in [1.807, 2.05) is 12.3 Å². The second-order valence-corrected chi connectivity index (χ2v) is 4.53. The van der Waals surface area contributed by atoms with Gasteiger partial charge in [-0.1, -0.05) is 0 Å². The summed E-state index contributed by atoms with van der Waals surface area (Å²) in [5, 5.41) is 4.47. The van der Waals surface area contributed by atoms with Crippen LogP contribution in [0, 0.1) is 5.82 Å². The number of piperazine rings is 1. The minimum atomic E-state index is -0.187. The minimum Gasteiger partial charge on any atom is -0.361 e. The first kappa shape index (κ1) is 10.7. The van der Waals surface area contributed by atoms with E-state index in [9.17, 15) is 4.39 Å². The zero-order valence-corrected chi connectivity index (χ0v) is 9.67. The van der Waals surface area contributed by atoms with Crippen LogP contribution in [0.3, 0.4) is 0 Å². The Bertz CT molecular complexity index is 514. The van der Waals surface area contributed by atoms with Crippen LogP contribution in [0.5, 0.6) is 0 Å². The first-order chi connectivity index (χ1) is 8.33. The van der Waals surface area contributed by atoms with Crippen LogP contribution in [0.4, 0.5) is 4.39 Å². The second kappa shape index (κ2) is 4.47. The normalized spacial score (nSPS) is 17.7. The van der Waals surface area contributed by atoms with Crippen LogP contribution in [0.2, 0.25) is 0 Å². The number of hydrogen-bond acceptors (Lipinski definition) is 2. The van der Waals surface area contributed by atoms with Crippen LogP contribution in [0.1, 0.15) is 5.56 Å². The lowest BCUT2D eigenvalue weighted by molar-refractivity contribution is 0.234.